The van der Waals surface area contributed by atoms with Gasteiger partial charge in [-0.1, -0.05) is 6.07 Å². The number of aromatic nitrogens is 2. The number of halogens is 2. The van der Waals surface area contributed by atoms with Crippen LogP contribution in [0, 0.1) is 11.6 Å². The van der Waals surface area contributed by atoms with Gasteiger partial charge in [0.15, 0.2) is 0 Å². The third-order valence-corrected chi connectivity index (χ3v) is 6.78. The largest absolute Gasteiger partial charge is 0.506 e. The molecule has 0 spiro atoms. The Labute approximate surface area is 201 Å². The zero-order valence-corrected chi connectivity index (χ0v) is 18.9. The first-order chi connectivity index (χ1) is 17.1. The van der Waals surface area contributed by atoms with E-state index >= 15 is 0 Å². The fraction of sp³-hybridized carbons (Fsp3) is 0.259. The van der Waals surface area contributed by atoms with Crippen LogP contribution < -0.4 is 10.2 Å². The standard InChI is InChI=1S/C27H24F2N4O2/c28-18-10-17(11-19(29)13-18)21-14-32-22-4-3-16(26-24(34)2-1-6-31-26)12-20(22)27(21)33-8-5-25-23(15-33)30-7-9-35-25/h1-4,6,10-14,23,25,30,34H,5,7-9,15H2/t23-,25-/m1/s1. The zero-order valence-electron chi connectivity index (χ0n) is 18.9. The van der Waals surface area contributed by atoms with E-state index in [1.165, 1.54) is 12.1 Å². The SMILES string of the molecule is Oc1cccnc1-c1ccc2ncc(-c3cc(F)cc(F)c3)c(N3CC[C@H]4OCCN[C@@H]4C3)c2c1. The van der Waals surface area contributed by atoms with Gasteiger partial charge in [0, 0.05) is 54.6 Å². The van der Waals surface area contributed by atoms with Gasteiger partial charge < -0.3 is 20.1 Å². The highest BCUT2D eigenvalue weighted by molar-refractivity contribution is 6.01. The molecule has 2 saturated heterocycles. The molecule has 178 valence electrons. The van der Waals surface area contributed by atoms with Crippen molar-refractivity contribution in [1.82, 2.24) is 15.3 Å². The lowest BCUT2D eigenvalue weighted by Crippen LogP contribution is -2.58. The molecule has 0 aliphatic carbocycles. The van der Waals surface area contributed by atoms with E-state index in [1.54, 1.807) is 24.5 Å². The fourth-order valence-corrected chi connectivity index (χ4v) is 5.19. The quantitative estimate of drug-likeness (QED) is 0.455. The Bertz CT molecular complexity index is 1390. The van der Waals surface area contributed by atoms with E-state index in [0.29, 0.717) is 30.0 Å². The highest BCUT2D eigenvalue weighted by atomic mass is 19.1. The van der Waals surface area contributed by atoms with Crippen molar-refractivity contribution in [3.63, 3.8) is 0 Å². The van der Waals surface area contributed by atoms with Gasteiger partial charge in [0.25, 0.3) is 0 Å². The smallest absolute Gasteiger partial charge is 0.141 e. The fourth-order valence-electron chi connectivity index (χ4n) is 5.19. The number of morpholine rings is 1. The van der Waals surface area contributed by atoms with Gasteiger partial charge in [-0.15, -0.1) is 0 Å². The highest BCUT2D eigenvalue weighted by Crippen LogP contribution is 2.40. The second-order valence-electron chi connectivity index (χ2n) is 8.99. The zero-order chi connectivity index (χ0) is 23.9. The first kappa shape index (κ1) is 21.9. The molecule has 0 radical (unpaired) electrons. The maximum atomic E-state index is 14.2. The molecule has 35 heavy (non-hydrogen) atoms. The summed E-state index contributed by atoms with van der Waals surface area (Å²) in [6.45, 7) is 2.90. The highest BCUT2D eigenvalue weighted by Gasteiger charge is 2.33. The summed E-state index contributed by atoms with van der Waals surface area (Å²) in [5, 5.41) is 14.8. The van der Waals surface area contributed by atoms with Crippen LogP contribution >= 0.6 is 0 Å². The Morgan fingerprint density at radius 1 is 1.03 bits per heavy atom. The topological polar surface area (TPSA) is 70.5 Å². The molecule has 6 rings (SSSR count). The molecule has 2 aromatic carbocycles. The van der Waals surface area contributed by atoms with Crippen molar-refractivity contribution in [2.75, 3.05) is 31.1 Å². The van der Waals surface area contributed by atoms with Crippen molar-refractivity contribution < 1.29 is 18.6 Å². The van der Waals surface area contributed by atoms with E-state index < -0.39 is 11.6 Å². The molecule has 0 saturated carbocycles. The lowest BCUT2D eigenvalue weighted by atomic mass is 9.95. The number of anilines is 1. The summed E-state index contributed by atoms with van der Waals surface area (Å²) in [7, 11) is 0. The molecule has 0 bridgehead atoms. The molecule has 2 N–H and O–H groups in total. The summed E-state index contributed by atoms with van der Waals surface area (Å²) in [6.07, 6.45) is 4.29. The number of hydrogen-bond acceptors (Lipinski definition) is 6. The number of benzene rings is 2. The van der Waals surface area contributed by atoms with Crippen molar-refractivity contribution >= 4 is 16.6 Å². The van der Waals surface area contributed by atoms with Crippen molar-refractivity contribution in [3.8, 4) is 28.1 Å². The van der Waals surface area contributed by atoms with Crippen LogP contribution in [-0.4, -0.2) is 53.5 Å². The van der Waals surface area contributed by atoms with Crippen molar-refractivity contribution in [3.05, 3.63) is 72.6 Å². The number of rotatable bonds is 3. The first-order valence-corrected chi connectivity index (χ1v) is 11.7. The predicted molar refractivity (Wildman–Crippen MR) is 130 cm³/mol. The van der Waals surface area contributed by atoms with E-state index in [9.17, 15) is 13.9 Å². The van der Waals surface area contributed by atoms with Gasteiger partial charge in [-0.25, -0.2) is 8.78 Å². The van der Waals surface area contributed by atoms with Gasteiger partial charge in [-0.3, -0.25) is 9.97 Å². The Balaban J connectivity index is 1.55. The number of nitrogens with zero attached hydrogens (tertiary/aromatic N) is 3. The summed E-state index contributed by atoms with van der Waals surface area (Å²) in [5.41, 5.74) is 3.86. The van der Waals surface area contributed by atoms with Crippen LogP contribution in [0.4, 0.5) is 14.5 Å². The van der Waals surface area contributed by atoms with Gasteiger partial charge in [0.2, 0.25) is 0 Å². The Morgan fingerprint density at radius 3 is 2.71 bits per heavy atom. The number of hydrogen-bond donors (Lipinski definition) is 2. The Kier molecular flexibility index (Phi) is 5.54. The van der Waals surface area contributed by atoms with E-state index in [-0.39, 0.29) is 17.9 Å². The number of fused-ring (bicyclic) bond motifs is 2. The number of pyridine rings is 2. The van der Waals surface area contributed by atoms with Crippen LogP contribution in [0.5, 0.6) is 5.75 Å². The van der Waals surface area contributed by atoms with Gasteiger partial charge in [-0.05, 0) is 48.4 Å². The summed E-state index contributed by atoms with van der Waals surface area (Å²) in [4.78, 5) is 11.2. The van der Waals surface area contributed by atoms with Crippen LogP contribution in [0.15, 0.2) is 60.9 Å². The minimum atomic E-state index is -0.640. The van der Waals surface area contributed by atoms with Crippen LogP contribution in [0.25, 0.3) is 33.3 Å². The van der Waals surface area contributed by atoms with Crippen molar-refractivity contribution in [1.29, 1.82) is 0 Å². The third kappa shape index (κ3) is 4.09. The average Bonchev–Trinajstić information content (AvgIpc) is 2.87. The minimum Gasteiger partial charge on any atom is -0.506 e. The van der Waals surface area contributed by atoms with Gasteiger partial charge >= 0.3 is 0 Å². The molecule has 8 heteroatoms. The van der Waals surface area contributed by atoms with Crippen molar-refractivity contribution in [2.24, 2.45) is 0 Å². The van der Waals surface area contributed by atoms with Gasteiger partial charge in [-0.2, -0.15) is 0 Å². The van der Waals surface area contributed by atoms with E-state index in [1.807, 2.05) is 18.2 Å². The molecule has 4 aromatic rings. The van der Waals surface area contributed by atoms with E-state index in [4.69, 9.17) is 4.74 Å². The predicted octanol–water partition coefficient (Wildman–Crippen LogP) is 4.51. The lowest BCUT2D eigenvalue weighted by molar-refractivity contribution is -0.0134. The van der Waals surface area contributed by atoms with Crippen LogP contribution in [0.3, 0.4) is 0 Å². The number of nitrogens with one attached hydrogen (secondary N) is 1. The Morgan fingerprint density at radius 2 is 1.89 bits per heavy atom. The molecule has 2 aromatic heterocycles. The van der Waals surface area contributed by atoms with Crippen LogP contribution in [-0.2, 0) is 4.74 Å². The summed E-state index contributed by atoms with van der Waals surface area (Å²) in [5.74, 6) is -1.20. The molecule has 2 aliphatic heterocycles. The van der Waals surface area contributed by atoms with Crippen LogP contribution in [0.2, 0.25) is 0 Å². The summed E-state index contributed by atoms with van der Waals surface area (Å²) >= 11 is 0. The molecule has 2 fully saturated rings. The third-order valence-electron chi connectivity index (χ3n) is 6.78. The minimum absolute atomic E-state index is 0.0779. The van der Waals surface area contributed by atoms with Crippen LogP contribution in [0.1, 0.15) is 6.42 Å². The summed E-state index contributed by atoms with van der Waals surface area (Å²) in [6, 6.07) is 12.6. The normalized spacial score (nSPS) is 20.1. The average molecular weight is 475 g/mol. The number of ether oxygens (including phenoxy) is 1. The van der Waals surface area contributed by atoms with Gasteiger partial charge in [0.1, 0.15) is 23.1 Å². The maximum Gasteiger partial charge on any atom is 0.141 e. The monoisotopic (exact) mass is 474 g/mol. The van der Waals surface area contributed by atoms with E-state index in [2.05, 4.69) is 20.2 Å². The number of piperidine rings is 1. The molecular formula is C27H24F2N4O2. The first-order valence-electron chi connectivity index (χ1n) is 11.7. The molecule has 4 heterocycles. The second-order valence-corrected chi connectivity index (χ2v) is 8.99. The lowest BCUT2D eigenvalue weighted by Gasteiger charge is -2.43. The molecule has 2 atom stereocenters. The van der Waals surface area contributed by atoms with Gasteiger partial charge in [0.05, 0.1) is 30.0 Å². The molecule has 6 nitrogen and oxygen atoms in total. The molecule has 2 aliphatic rings. The molecule has 0 amide bonds. The van der Waals surface area contributed by atoms with Crippen molar-refractivity contribution in [2.45, 2.75) is 18.6 Å². The molecular weight excluding hydrogens is 450 g/mol. The summed E-state index contributed by atoms with van der Waals surface area (Å²) < 4.78 is 34.4. The van der Waals surface area contributed by atoms with E-state index in [0.717, 1.165) is 47.7 Å². The number of aromatic hydroxyl groups is 1. The second kappa shape index (κ2) is 8.87. The molecule has 0 unspecified atom stereocenters. The Hall–Kier alpha value is -3.62. The maximum absolute atomic E-state index is 14.2.